The summed E-state index contributed by atoms with van der Waals surface area (Å²) in [6.07, 6.45) is 8.74. The molecule has 1 aromatic carbocycles. The highest BCUT2D eigenvalue weighted by molar-refractivity contribution is 7.80. The quantitative estimate of drug-likeness (QED) is 0.504. The minimum absolute atomic E-state index is 0.123. The zero-order valence-electron chi connectivity index (χ0n) is 15.4. The van der Waals surface area contributed by atoms with Gasteiger partial charge in [-0.1, -0.05) is 37.5 Å². The minimum atomic E-state index is -0.324. The van der Waals surface area contributed by atoms with E-state index in [4.69, 9.17) is 12.2 Å². The summed E-state index contributed by atoms with van der Waals surface area (Å²) in [5.74, 6) is -0.447. The van der Waals surface area contributed by atoms with E-state index in [1.807, 2.05) is 29.6 Å². The molecule has 0 bridgehead atoms. The molecule has 0 unspecified atom stereocenters. The van der Waals surface area contributed by atoms with Crippen LogP contribution in [0.1, 0.15) is 47.3 Å². The number of anilines is 1. The molecule has 0 atom stereocenters. The molecular formula is C21H23N3O2S2. The lowest BCUT2D eigenvalue weighted by Crippen LogP contribution is -2.37. The molecule has 3 N–H and O–H groups in total. The van der Waals surface area contributed by atoms with Crippen LogP contribution in [0.4, 0.5) is 5.69 Å². The molecule has 0 saturated heterocycles. The lowest BCUT2D eigenvalue weighted by atomic mass is 9.95. The summed E-state index contributed by atoms with van der Waals surface area (Å²) < 4.78 is 0. The van der Waals surface area contributed by atoms with E-state index < -0.39 is 0 Å². The van der Waals surface area contributed by atoms with Gasteiger partial charge in [-0.3, -0.25) is 14.9 Å². The third-order valence-corrected chi connectivity index (χ3v) is 5.58. The fraction of sp³-hybridized carbons (Fsp3) is 0.286. The van der Waals surface area contributed by atoms with Crippen molar-refractivity contribution in [3.8, 4) is 0 Å². The second-order valence-electron chi connectivity index (χ2n) is 6.65. The van der Waals surface area contributed by atoms with Gasteiger partial charge < -0.3 is 10.6 Å². The number of carbonyl (C=O) groups excluding carboxylic acids is 2. The van der Waals surface area contributed by atoms with Crippen molar-refractivity contribution in [2.45, 2.75) is 38.1 Å². The zero-order valence-corrected chi connectivity index (χ0v) is 17.1. The van der Waals surface area contributed by atoms with Gasteiger partial charge in [0.15, 0.2) is 5.11 Å². The Hall–Kier alpha value is -2.51. The van der Waals surface area contributed by atoms with Gasteiger partial charge in [-0.2, -0.15) is 0 Å². The largest absolute Gasteiger partial charge is 0.349 e. The Morgan fingerprint density at radius 2 is 1.86 bits per heavy atom. The molecule has 2 amide bonds. The number of carbonyl (C=O) groups is 2. The van der Waals surface area contributed by atoms with Crippen LogP contribution < -0.4 is 16.0 Å². The summed E-state index contributed by atoms with van der Waals surface area (Å²) in [6, 6.07) is 11.2. The standard InChI is InChI=1S/C21H23N3O2S2/c25-19(13-12-16-9-6-14-28-16)24-21(27)23-18-11-5-4-10-17(18)20(26)22-15-7-2-1-3-8-15/h4-6,9-15H,1-3,7-8H2,(H,22,26)(H2,23,24,25,27)/b13-12+. The molecule has 2 aromatic rings. The normalized spacial score (nSPS) is 14.6. The molecule has 5 nitrogen and oxygen atoms in total. The molecule has 1 aliphatic carbocycles. The lowest BCUT2D eigenvalue weighted by molar-refractivity contribution is -0.115. The third-order valence-electron chi connectivity index (χ3n) is 4.54. The Kier molecular flexibility index (Phi) is 7.33. The monoisotopic (exact) mass is 413 g/mol. The second kappa shape index (κ2) is 10.1. The average Bonchev–Trinajstić information content (AvgIpc) is 3.21. The van der Waals surface area contributed by atoms with Gasteiger partial charge in [-0.25, -0.2) is 0 Å². The average molecular weight is 414 g/mol. The molecule has 1 aromatic heterocycles. The molecular weight excluding hydrogens is 390 g/mol. The number of thiocarbonyl (C=S) groups is 1. The topological polar surface area (TPSA) is 70.2 Å². The Bertz CT molecular complexity index is 856. The van der Waals surface area contributed by atoms with E-state index in [2.05, 4.69) is 16.0 Å². The van der Waals surface area contributed by atoms with Crippen LogP contribution in [0.5, 0.6) is 0 Å². The van der Waals surface area contributed by atoms with Crippen LogP contribution >= 0.6 is 23.6 Å². The molecule has 146 valence electrons. The first-order valence-electron chi connectivity index (χ1n) is 9.35. The first-order chi connectivity index (χ1) is 13.6. The second-order valence-corrected chi connectivity index (χ2v) is 8.03. The summed E-state index contributed by atoms with van der Waals surface area (Å²) in [5.41, 5.74) is 1.09. The maximum absolute atomic E-state index is 12.7. The van der Waals surface area contributed by atoms with Crippen LogP contribution in [0.2, 0.25) is 0 Å². The van der Waals surface area contributed by atoms with E-state index in [0.29, 0.717) is 11.3 Å². The van der Waals surface area contributed by atoms with E-state index >= 15 is 0 Å². The molecule has 1 heterocycles. The number of nitrogens with one attached hydrogen (secondary N) is 3. The Morgan fingerprint density at radius 3 is 2.61 bits per heavy atom. The van der Waals surface area contributed by atoms with E-state index in [0.717, 1.165) is 30.6 Å². The van der Waals surface area contributed by atoms with E-state index in [9.17, 15) is 9.59 Å². The molecule has 28 heavy (non-hydrogen) atoms. The number of amides is 2. The summed E-state index contributed by atoms with van der Waals surface area (Å²) in [5, 5.41) is 10.8. The number of para-hydroxylation sites is 1. The molecule has 0 spiro atoms. The number of thiophene rings is 1. The summed E-state index contributed by atoms with van der Waals surface area (Å²) >= 11 is 6.77. The van der Waals surface area contributed by atoms with Crippen LogP contribution in [-0.4, -0.2) is 23.0 Å². The van der Waals surface area contributed by atoms with Gasteiger partial charge in [0.1, 0.15) is 0 Å². The third kappa shape index (κ3) is 6.00. The zero-order chi connectivity index (χ0) is 19.8. The van der Waals surface area contributed by atoms with Crippen LogP contribution in [0.25, 0.3) is 6.08 Å². The van der Waals surface area contributed by atoms with Crippen molar-refractivity contribution in [2.75, 3.05) is 5.32 Å². The lowest BCUT2D eigenvalue weighted by Gasteiger charge is -2.23. The first kappa shape index (κ1) is 20.2. The molecule has 1 aliphatic rings. The summed E-state index contributed by atoms with van der Waals surface area (Å²) in [6.45, 7) is 0. The highest BCUT2D eigenvalue weighted by Gasteiger charge is 2.18. The van der Waals surface area contributed by atoms with Gasteiger partial charge in [0, 0.05) is 17.0 Å². The maximum atomic E-state index is 12.7. The van der Waals surface area contributed by atoms with Gasteiger partial charge in [0.05, 0.1) is 11.3 Å². The van der Waals surface area contributed by atoms with Crippen molar-refractivity contribution >= 4 is 52.2 Å². The molecule has 7 heteroatoms. The van der Waals surface area contributed by atoms with Crippen LogP contribution in [0.3, 0.4) is 0 Å². The molecule has 0 radical (unpaired) electrons. The highest BCUT2D eigenvalue weighted by atomic mass is 32.1. The smallest absolute Gasteiger partial charge is 0.253 e. The van der Waals surface area contributed by atoms with Crippen LogP contribution in [0.15, 0.2) is 47.9 Å². The van der Waals surface area contributed by atoms with E-state index in [1.54, 1.807) is 29.5 Å². The molecule has 1 fully saturated rings. The Morgan fingerprint density at radius 1 is 1.07 bits per heavy atom. The van der Waals surface area contributed by atoms with Crippen molar-refractivity contribution in [3.63, 3.8) is 0 Å². The van der Waals surface area contributed by atoms with Crippen molar-refractivity contribution in [3.05, 3.63) is 58.3 Å². The number of hydrogen-bond acceptors (Lipinski definition) is 4. The first-order valence-corrected chi connectivity index (χ1v) is 10.6. The van der Waals surface area contributed by atoms with Gasteiger partial charge in [0.25, 0.3) is 5.91 Å². The van der Waals surface area contributed by atoms with Crippen LogP contribution in [0, 0.1) is 0 Å². The predicted octanol–water partition coefficient (Wildman–Crippen LogP) is 4.34. The van der Waals surface area contributed by atoms with E-state index in [-0.39, 0.29) is 23.0 Å². The van der Waals surface area contributed by atoms with Crippen LogP contribution in [-0.2, 0) is 4.79 Å². The molecule has 0 aliphatic heterocycles. The predicted molar refractivity (Wildman–Crippen MR) is 118 cm³/mol. The van der Waals surface area contributed by atoms with Gasteiger partial charge in [-0.05, 0) is 54.7 Å². The van der Waals surface area contributed by atoms with Gasteiger partial charge >= 0.3 is 0 Å². The number of benzene rings is 1. The minimum Gasteiger partial charge on any atom is -0.349 e. The molecule has 3 rings (SSSR count). The molecule has 1 saturated carbocycles. The van der Waals surface area contributed by atoms with Crippen molar-refractivity contribution in [2.24, 2.45) is 0 Å². The van der Waals surface area contributed by atoms with Gasteiger partial charge in [0.2, 0.25) is 5.91 Å². The Balaban J connectivity index is 1.58. The van der Waals surface area contributed by atoms with E-state index in [1.165, 1.54) is 12.5 Å². The number of hydrogen-bond donors (Lipinski definition) is 3. The SMILES string of the molecule is O=C(/C=C/c1cccs1)NC(=S)Nc1ccccc1C(=O)NC1CCCCC1. The fourth-order valence-corrected chi connectivity index (χ4v) is 3.98. The summed E-state index contributed by atoms with van der Waals surface area (Å²) in [7, 11) is 0. The fourth-order valence-electron chi connectivity index (χ4n) is 3.15. The summed E-state index contributed by atoms with van der Waals surface area (Å²) in [4.78, 5) is 25.7. The highest BCUT2D eigenvalue weighted by Crippen LogP contribution is 2.20. The van der Waals surface area contributed by atoms with Crippen molar-refractivity contribution in [1.82, 2.24) is 10.6 Å². The maximum Gasteiger partial charge on any atom is 0.253 e. The Labute approximate surface area is 174 Å². The number of rotatable bonds is 5. The van der Waals surface area contributed by atoms with Crippen molar-refractivity contribution in [1.29, 1.82) is 0 Å². The van der Waals surface area contributed by atoms with Gasteiger partial charge in [-0.15, -0.1) is 11.3 Å². The van der Waals surface area contributed by atoms with Crippen molar-refractivity contribution < 1.29 is 9.59 Å².